The van der Waals surface area contributed by atoms with E-state index >= 15 is 0 Å². The van der Waals surface area contributed by atoms with Crippen LogP contribution in [0.2, 0.25) is 0 Å². The second-order valence-electron chi connectivity index (χ2n) is 2.15. The van der Waals surface area contributed by atoms with E-state index in [1.807, 2.05) is 0 Å². The Bertz CT molecular complexity index is 206. The van der Waals surface area contributed by atoms with Crippen LogP contribution < -0.4 is 0 Å². The molecule has 0 N–H and O–H groups in total. The standard InChI is InChI=1S/C6H9O3P/c1-3-6-4-5-8-10(2,7)9-6/h1,6H,4-5H2,2H3. The molecule has 56 valence electrons. The molecule has 1 aliphatic heterocycles. The fourth-order valence-corrected chi connectivity index (χ4v) is 1.88. The van der Waals surface area contributed by atoms with Crippen LogP contribution in [-0.4, -0.2) is 19.4 Å². The molecule has 4 heteroatoms. The summed E-state index contributed by atoms with van der Waals surface area (Å²) in [6.07, 6.45) is 5.38. The van der Waals surface area contributed by atoms with E-state index in [0.717, 1.165) is 0 Å². The Morgan fingerprint density at radius 1 is 1.80 bits per heavy atom. The first-order chi connectivity index (χ1) is 4.64. The predicted molar refractivity (Wildman–Crippen MR) is 37.8 cm³/mol. The molecule has 1 fully saturated rings. The maximum absolute atomic E-state index is 11.1. The fraction of sp³-hybridized carbons (Fsp3) is 0.667. The quantitative estimate of drug-likeness (QED) is 0.395. The van der Waals surface area contributed by atoms with Crippen molar-refractivity contribution in [3.63, 3.8) is 0 Å². The Hall–Kier alpha value is -0.290. The van der Waals surface area contributed by atoms with Gasteiger partial charge < -0.3 is 4.52 Å². The van der Waals surface area contributed by atoms with Crippen molar-refractivity contribution in [3.05, 3.63) is 0 Å². The highest BCUT2D eigenvalue weighted by Gasteiger charge is 2.26. The molecular weight excluding hydrogens is 151 g/mol. The monoisotopic (exact) mass is 160 g/mol. The highest BCUT2D eigenvalue weighted by Crippen LogP contribution is 2.48. The Kier molecular flexibility index (Phi) is 2.15. The van der Waals surface area contributed by atoms with Crippen LogP contribution >= 0.6 is 7.60 Å². The Morgan fingerprint density at radius 2 is 2.50 bits per heavy atom. The summed E-state index contributed by atoms with van der Waals surface area (Å²) in [6, 6.07) is 0. The molecule has 0 amide bonds. The molecule has 3 nitrogen and oxygen atoms in total. The van der Waals surface area contributed by atoms with Crippen molar-refractivity contribution in [1.82, 2.24) is 0 Å². The van der Waals surface area contributed by atoms with Gasteiger partial charge in [0.05, 0.1) is 6.61 Å². The smallest absolute Gasteiger partial charge is 0.309 e. The Labute approximate surface area is 60.2 Å². The normalized spacial score (nSPS) is 40.6. The van der Waals surface area contributed by atoms with Crippen molar-refractivity contribution in [2.75, 3.05) is 13.3 Å². The lowest BCUT2D eigenvalue weighted by Gasteiger charge is -2.23. The first kappa shape index (κ1) is 7.81. The van der Waals surface area contributed by atoms with E-state index in [-0.39, 0.29) is 6.10 Å². The molecule has 0 aliphatic carbocycles. The van der Waals surface area contributed by atoms with Crippen LogP contribution in [0.25, 0.3) is 0 Å². The van der Waals surface area contributed by atoms with Gasteiger partial charge in [0.1, 0.15) is 6.10 Å². The van der Waals surface area contributed by atoms with Gasteiger partial charge in [0.15, 0.2) is 0 Å². The van der Waals surface area contributed by atoms with Crippen LogP contribution in [0.3, 0.4) is 0 Å². The summed E-state index contributed by atoms with van der Waals surface area (Å²) in [7, 11) is -2.80. The van der Waals surface area contributed by atoms with Gasteiger partial charge in [-0.05, 0) is 0 Å². The van der Waals surface area contributed by atoms with Gasteiger partial charge in [0.2, 0.25) is 0 Å². The molecule has 10 heavy (non-hydrogen) atoms. The zero-order chi connectivity index (χ0) is 7.61. The summed E-state index contributed by atoms with van der Waals surface area (Å²) in [5, 5.41) is 0. The molecule has 0 radical (unpaired) electrons. The molecule has 0 spiro atoms. The molecule has 0 aromatic carbocycles. The van der Waals surface area contributed by atoms with E-state index in [1.54, 1.807) is 0 Å². The lowest BCUT2D eigenvalue weighted by molar-refractivity contribution is 0.116. The van der Waals surface area contributed by atoms with Crippen molar-refractivity contribution >= 4 is 7.60 Å². The molecule has 0 bridgehead atoms. The van der Waals surface area contributed by atoms with Crippen molar-refractivity contribution < 1.29 is 13.6 Å². The third kappa shape index (κ3) is 1.85. The van der Waals surface area contributed by atoms with Crippen LogP contribution in [0.5, 0.6) is 0 Å². The van der Waals surface area contributed by atoms with Gasteiger partial charge in [-0.3, -0.25) is 9.09 Å². The summed E-state index contributed by atoms with van der Waals surface area (Å²) >= 11 is 0. The average Bonchev–Trinajstić information content (AvgIpc) is 1.86. The second-order valence-corrected chi connectivity index (χ2v) is 4.17. The maximum atomic E-state index is 11.1. The summed E-state index contributed by atoms with van der Waals surface area (Å²) in [5.74, 6) is 2.39. The van der Waals surface area contributed by atoms with E-state index in [4.69, 9.17) is 15.5 Å². The Balaban J connectivity index is 2.58. The SMILES string of the molecule is C#CC1CCOP(C)(=O)O1. The van der Waals surface area contributed by atoms with E-state index in [0.29, 0.717) is 13.0 Å². The maximum Gasteiger partial charge on any atom is 0.328 e. The zero-order valence-corrected chi connectivity index (χ0v) is 6.64. The first-order valence-electron chi connectivity index (χ1n) is 3.00. The number of hydrogen-bond acceptors (Lipinski definition) is 3. The van der Waals surface area contributed by atoms with Crippen LogP contribution in [0.1, 0.15) is 6.42 Å². The van der Waals surface area contributed by atoms with Crippen LogP contribution in [0.4, 0.5) is 0 Å². The first-order valence-corrected chi connectivity index (χ1v) is 4.99. The molecule has 2 unspecified atom stereocenters. The summed E-state index contributed by atoms with van der Waals surface area (Å²) in [6.45, 7) is 1.86. The molecule has 1 heterocycles. The number of hydrogen-bond donors (Lipinski definition) is 0. The highest BCUT2D eigenvalue weighted by molar-refractivity contribution is 7.53. The third-order valence-corrected chi connectivity index (χ3v) is 2.50. The van der Waals surface area contributed by atoms with E-state index in [1.165, 1.54) is 6.66 Å². The lowest BCUT2D eigenvalue weighted by atomic mass is 10.3. The van der Waals surface area contributed by atoms with Gasteiger partial charge >= 0.3 is 7.60 Å². The van der Waals surface area contributed by atoms with Crippen molar-refractivity contribution in [1.29, 1.82) is 0 Å². The molecule has 0 saturated carbocycles. The van der Waals surface area contributed by atoms with Gasteiger partial charge in [0, 0.05) is 13.1 Å². The lowest BCUT2D eigenvalue weighted by Crippen LogP contribution is -2.17. The topological polar surface area (TPSA) is 35.5 Å². The van der Waals surface area contributed by atoms with Crippen LogP contribution in [0.15, 0.2) is 0 Å². The van der Waals surface area contributed by atoms with Crippen molar-refractivity contribution in [2.45, 2.75) is 12.5 Å². The largest absolute Gasteiger partial charge is 0.328 e. The highest BCUT2D eigenvalue weighted by atomic mass is 31.2. The molecule has 0 aromatic heterocycles. The van der Waals surface area contributed by atoms with Gasteiger partial charge in [-0.2, -0.15) is 0 Å². The van der Waals surface area contributed by atoms with E-state index in [2.05, 4.69) is 5.92 Å². The van der Waals surface area contributed by atoms with Crippen LogP contribution in [-0.2, 0) is 13.6 Å². The molecule has 1 aliphatic rings. The molecular formula is C6H9O3P. The molecule has 2 atom stereocenters. The van der Waals surface area contributed by atoms with Crippen LogP contribution in [0, 0.1) is 12.3 Å². The van der Waals surface area contributed by atoms with E-state index in [9.17, 15) is 4.57 Å². The molecule has 1 saturated heterocycles. The summed E-state index contributed by atoms with van der Waals surface area (Å²) in [4.78, 5) is 0. The number of terminal acetylenes is 1. The minimum atomic E-state index is -2.80. The minimum absolute atomic E-state index is 0.329. The summed E-state index contributed by atoms with van der Waals surface area (Å²) in [5.41, 5.74) is 0. The van der Waals surface area contributed by atoms with Gasteiger partial charge in [-0.15, -0.1) is 6.42 Å². The van der Waals surface area contributed by atoms with Crippen molar-refractivity contribution in [3.8, 4) is 12.3 Å². The zero-order valence-electron chi connectivity index (χ0n) is 5.74. The fourth-order valence-electron chi connectivity index (χ4n) is 0.754. The molecule has 0 aromatic rings. The second kappa shape index (κ2) is 2.75. The van der Waals surface area contributed by atoms with Gasteiger partial charge in [0.25, 0.3) is 0 Å². The van der Waals surface area contributed by atoms with Crippen molar-refractivity contribution in [2.24, 2.45) is 0 Å². The minimum Gasteiger partial charge on any atom is -0.309 e. The third-order valence-electron chi connectivity index (χ3n) is 1.21. The summed E-state index contributed by atoms with van der Waals surface area (Å²) < 4.78 is 20.8. The Morgan fingerprint density at radius 3 is 2.90 bits per heavy atom. The molecule has 1 rings (SSSR count). The predicted octanol–water partition coefficient (Wildman–Crippen LogP) is 1.25. The van der Waals surface area contributed by atoms with E-state index < -0.39 is 7.60 Å². The number of rotatable bonds is 0. The average molecular weight is 160 g/mol. The van der Waals surface area contributed by atoms with Gasteiger partial charge in [-0.1, -0.05) is 5.92 Å². The van der Waals surface area contributed by atoms with Gasteiger partial charge in [-0.25, -0.2) is 0 Å².